The van der Waals surface area contributed by atoms with Gasteiger partial charge in [-0.05, 0) is 30.7 Å². The number of hydrogen-bond donors (Lipinski definition) is 1. The fourth-order valence-corrected chi connectivity index (χ4v) is 3.82. The van der Waals surface area contributed by atoms with Crippen LogP contribution in [0.4, 0.5) is 5.69 Å². The molecule has 0 spiro atoms. The van der Waals surface area contributed by atoms with Crippen LogP contribution in [0.5, 0.6) is 0 Å². The quantitative estimate of drug-likeness (QED) is 0.663. The molecule has 0 saturated carbocycles. The second-order valence-electron chi connectivity index (χ2n) is 4.84. The second-order valence-corrected chi connectivity index (χ2v) is 7.07. The molecule has 2 heterocycles. The first-order valence-electron chi connectivity index (χ1n) is 6.13. The number of nitrogens with two attached hydrogens (primary N) is 1. The van der Waals surface area contributed by atoms with Crippen molar-refractivity contribution in [2.75, 3.05) is 17.2 Å². The number of carbonyl (C=O) groups is 1. The number of ether oxygens (including phenoxy) is 1. The van der Waals surface area contributed by atoms with Gasteiger partial charge in [-0.1, -0.05) is 0 Å². The number of anilines is 1. The normalized spacial score (nSPS) is 21.1. The largest absolute Gasteiger partial charge is 0.455 e. The zero-order valence-electron chi connectivity index (χ0n) is 10.5. The molecule has 1 aliphatic rings. The minimum Gasteiger partial charge on any atom is -0.455 e. The molecule has 1 atom stereocenters. The topological polar surface area (TPSA) is 99.6 Å². The molecule has 6 nitrogen and oxygen atoms in total. The number of rotatable bonds is 2. The van der Waals surface area contributed by atoms with E-state index in [1.54, 1.807) is 18.2 Å². The fourth-order valence-electron chi connectivity index (χ4n) is 2.23. The lowest BCUT2D eigenvalue weighted by molar-refractivity contribution is 0.0322. The average Bonchev–Trinajstić information content (AvgIpc) is 2.92. The van der Waals surface area contributed by atoms with Crippen molar-refractivity contribution in [2.45, 2.75) is 12.5 Å². The van der Waals surface area contributed by atoms with Gasteiger partial charge < -0.3 is 14.9 Å². The molecule has 1 aromatic carbocycles. The zero-order valence-corrected chi connectivity index (χ0v) is 11.4. The van der Waals surface area contributed by atoms with Crippen LogP contribution in [0.15, 0.2) is 28.7 Å². The van der Waals surface area contributed by atoms with E-state index in [0.717, 1.165) is 0 Å². The van der Waals surface area contributed by atoms with E-state index in [1.807, 2.05) is 0 Å². The summed E-state index contributed by atoms with van der Waals surface area (Å²) in [6.07, 6.45) is -0.257. The molecular weight excluding hydrogens is 282 g/mol. The van der Waals surface area contributed by atoms with E-state index in [0.29, 0.717) is 23.1 Å². The van der Waals surface area contributed by atoms with Gasteiger partial charge in [-0.25, -0.2) is 13.2 Å². The monoisotopic (exact) mass is 295 g/mol. The average molecular weight is 295 g/mol. The maximum atomic E-state index is 11.9. The van der Waals surface area contributed by atoms with E-state index in [2.05, 4.69) is 0 Å². The summed E-state index contributed by atoms with van der Waals surface area (Å²) in [6, 6.07) is 6.57. The van der Waals surface area contributed by atoms with E-state index in [9.17, 15) is 13.2 Å². The van der Waals surface area contributed by atoms with E-state index in [1.165, 1.54) is 6.07 Å². The van der Waals surface area contributed by atoms with Crippen LogP contribution in [-0.2, 0) is 14.6 Å². The highest BCUT2D eigenvalue weighted by Gasteiger charge is 2.31. The van der Waals surface area contributed by atoms with Crippen molar-refractivity contribution in [2.24, 2.45) is 0 Å². The summed E-state index contributed by atoms with van der Waals surface area (Å²) >= 11 is 0. The second kappa shape index (κ2) is 4.52. The molecule has 0 radical (unpaired) electrons. The Morgan fingerprint density at radius 2 is 2.15 bits per heavy atom. The van der Waals surface area contributed by atoms with Crippen molar-refractivity contribution >= 4 is 32.5 Å². The van der Waals surface area contributed by atoms with Crippen LogP contribution in [-0.4, -0.2) is 32.0 Å². The van der Waals surface area contributed by atoms with Gasteiger partial charge in [0.05, 0.1) is 11.5 Å². The lowest BCUT2D eigenvalue weighted by Crippen LogP contribution is -2.19. The summed E-state index contributed by atoms with van der Waals surface area (Å²) in [4.78, 5) is 11.9. The summed E-state index contributed by atoms with van der Waals surface area (Å²) in [7, 11) is -3.08. The van der Waals surface area contributed by atoms with Crippen LogP contribution in [0.3, 0.4) is 0 Å². The molecule has 1 unspecified atom stereocenters. The van der Waals surface area contributed by atoms with Crippen molar-refractivity contribution < 1.29 is 22.4 Å². The van der Waals surface area contributed by atoms with Crippen molar-refractivity contribution in [1.82, 2.24) is 0 Å². The highest BCUT2D eigenvalue weighted by Crippen LogP contribution is 2.23. The van der Waals surface area contributed by atoms with Crippen LogP contribution < -0.4 is 5.73 Å². The summed E-state index contributed by atoms with van der Waals surface area (Å²) in [5.74, 6) is -0.662. The first-order chi connectivity index (χ1) is 9.43. The lowest BCUT2D eigenvalue weighted by atomic mass is 10.2. The molecule has 0 aliphatic carbocycles. The summed E-state index contributed by atoms with van der Waals surface area (Å²) in [5, 5.41) is 0.705. The number of esters is 1. The molecule has 0 bridgehead atoms. The molecule has 106 valence electrons. The Kier molecular flexibility index (Phi) is 2.93. The molecule has 2 aromatic rings. The van der Waals surface area contributed by atoms with Crippen molar-refractivity contribution in [3.05, 3.63) is 30.0 Å². The van der Waals surface area contributed by atoms with Gasteiger partial charge in [-0.2, -0.15) is 0 Å². The van der Waals surface area contributed by atoms with Crippen LogP contribution in [0.2, 0.25) is 0 Å². The van der Waals surface area contributed by atoms with Gasteiger partial charge in [0, 0.05) is 11.1 Å². The number of sulfone groups is 1. The number of hydrogen-bond acceptors (Lipinski definition) is 6. The molecule has 2 N–H and O–H groups in total. The highest BCUT2D eigenvalue weighted by molar-refractivity contribution is 7.91. The van der Waals surface area contributed by atoms with E-state index in [-0.39, 0.29) is 17.3 Å². The molecule has 1 saturated heterocycles. The van der Waals surface area contributed by atoms with E-state index >= 15 is 0 Å². The fraction of sp³-hybridized carbons (Fsp3) is 0.308. The Bertz CT molecular complexity index is 777. The number of fused-ring (bicyclic) bond motifs is 1. The third-order valence-electron chi connectivity index (χ3n) is 3.21. The number of benzene rings is 1. The lowest BCUT2D eigenvalue weighted by Gasteiger charge is -2.07. The van der Waals surface area contributed by atoms with Crippen molar-refractivity contribution in [3.8, 4) is 0 Å². The number of furan rings is 1. The maximum Gasteiger partial charge on any atom is 0.374 e. The van der Waals surface area contributed by atoms with E-state index in [4.69, 9.17) is 14.9 Å². The molecule has 7 heteroatoms. The van der Waals surface area contributed by atoms with Crippen molar-refractivity contribution in [3.63, 3.8) is 0 Å². The minimum atomic E-state index is -3.08. The van der Waals surface area contributed by atoms with Gasteiger partial charge in [0.2, 0.25) is 5.76 Å². The Hall–Kier alpha value is -2.02. The zero-order chi connectivity index (χ0) is 14.3. The minimum absolute atomic E-state index is 0.0508. The highest BCUT2D eigenvalue weighted by atomic mass is 32.2. The van der Waals surface area contributed by atoms with E-state index < -0.39 is 21.9 Å². The number of nitrogen functional groups attached to an aromatic ring is 1. The van der Waals surface area contributed by atoms with Gasteiger partial charge in [0.25, 0.3) is 0 Å². The van der Waals surface area contributed by atoms with Crippen LogP contribution in [0.1, 0.15) is 17.0 Å². The Morgan fingerprint density at radius 1 is 1.35 bits per heavy atom. The first-order valence-corrected chi connectivity index (χ1v) is 7.95. The van der Waals surface area contributed by atoms with Crippen LogP contribution in [0, 0.1) is 0 Å². The predicted octanol–water partition coefficient (Wildman–Crippen LogP) is 1.36. The summed E-state index contributed by atoms with van der Waals surface area (Å²) < 4.78 is 33.1. The SMILES string of the molecule is Nc1ccc2oc(C(=O)OC3CCS(=O)(=O)C3)cc2c1. The molecule has 3 rings (SSSR count). The van der Waals surface area contributed by atoms with Gasteiger partial charge in [-0.15, -0.1) is 0 Å². The molecule has 1 fully saturated rings. The number of carbonyl (C=O) groups excluding carboxylic acids is 1. The predicted molar refractivity (Wildman–Crippen MR) is 73.1 cm³/mol. The Morgan fingerprint density at radius 3 is 2.85 bits per heavy atom. The standard InChI is InChI=1S/C13H13NO5S/c14-9-1-2-11-8(5-9)6-12(19-11)13(15)18-10-3-4-20(16,17)7-10/h1-2,5-6,10H,3-4,7,14H2. The van der Waals surface area contributed by atoms with Gasteiger partial charge in [0.15, 0.2) is 9.84 Å². The molecule has 20 heavy (non-hydrogen) atoms. The van der Waals surface area contributed by atoms with Gasteiger partial charge in [0.1, 0.15) is 11.7 Å². The molecule has 1 aliphatic heterocycles. The molecule has 0 amide bonds. The molecule has 1 aromatic heterocycles. The van der Waals surface area contributed by atoms with Gasteiger partial charge >= 0.3 is 5.97 Å². The Labute approximate surface area is 115 Å². The van der Waals surface area contributed by atoms with Gasteiger partial charge in [-0.3, -0.25) is 0 Å². The maximum absolute atomic E-state index is 11.9. The van der Waals surface area contributed by atoms with Crippen LogP contribution in [0.25, 0.3) is 11.0 Å². The third kappa shape index (κ3) is 2.49. The Balaban J connectivity index is 1.79. The smallest absolute Gasteiger partial charge is 0.374 e. The summed E-state index contributed by atoms with van der Waals surface area (Å²) in [5.41, 5.74) is 6.75. The summed E-state index contributed by atoms with van der Waals surface area (Å²) in [6.45, 7) is 0. The van der Waals surface area contributed by atoms with Crippen molar-refractivity contribution in [1.29, 1.82) is 0 Å². The third-order valence-corrected chi connectivity index (χ3v) is 4.94. The molecular formula is C13H13NO5S. The first kappa shape index (κ1) is 13.0. The van der Waals surface area contributed by atoms with Crippen LogP contribution >= 0.6 is 0 Å².